The van der Waals surface area contributed by atoms with Gasteiger partial charge in [0, 0.05) is 18.9 Å². The smallest absolute Gasteiger partial charge is 0.335 e. The number of benzene rings is 1. The van der Waals surface area contributed by atoms with Gasteiger partial charge in [0.2, 0.25) is 0 Å². The monoisotopic (exact) mass is 295 g/mol. The quantitative estimate of drug-likeness (QED) is 0.534. The molecular weight excluding hydrogens is 270 g/mol. The molecule has 0 radical (unpaired) electrons. The summed E-state index contributed by atoms with van der Waals surface area (Å²) in [5.41, 5.74) is 1.01. The Balaban J connectivity index is 2.46. The van der Waals surface area contributed by atoms with E-state index >= 15 is 0 Å². The molecule has 0 fully saturated rings. The van der Waals surface area contributed by atoms with Crippen LogP contribution >= 0.6 is 0 Å². The zero-order valence-corrected chi connectivity index (χ0v) is 12.9. The Morgan fingerprint density at radius 2 is 1.95 bits per heavy atom. The molecular formula is C16H25NO4. The van der Waals surface area contributed by atoms with Crippen LogP contribution in [0, 0.1) is 0 Å². The Morgan fingerprint density at radius 3 is 2.52 bits per heavy atom. The van der Waals surface area contributed by atoms with Gasteiger partial charge in [-0.3, -0.25) is 5.32 Å². The van der Waals surface area contributed by atoms with Gasteiger partial charge < -0.3 is 14.6 Å². The molecule has 1 aromatic carbocycles. The maximum atomic E-state index is 11.7. The van der Waals surface area contributed by atoms with Crippen molar-refractivity contribution in [1.29, 1.82) is 0 Å². The van der Waals surface area contributed by atoms with E-state index in [1.807, 2.05) is 44.2 Å². The fourth-order valence-electron chi connectivity index (χ4n) is 1.96. The summed E-state index contributed by atoms with van der Waals surface area (Å²) in [6.45, 7) is 4.20. The van der Waals surface area contributed by atoms with E-state index in [0.29, 0.717) is 12.8 Å². The predicted octanol–water partition coefficient (Wildman–Crippen LogP) is 1.49. The summed E-state index contributed by atoms with van der Waals surface area (Å²) in [6.07, 6.45) is -0.412. The average Bonchev–Trinajstić information content (AvgIpc) is 2.45. The molecule has 0 heterocycles. The topological polar surface area (TPSA) is 67.8 Å². The lowest BCUT2D eigenvalue weighted by molar-refractivity contribution is -0.154. The molecule has 0 saturated heterocycles. The van der Waals surface area contributed by atoms with Crippen LogP contribution in [0.5, 0.6) is 0 Å². The lowest BCUT2D eigenvalue weighted by Crippen LogP contribution is -2.36. The third-order valence-electron chi connectivity index (χ3n) is 2.96. The molecule has 2 unspecified atom stereocenters. The number of nitrogens with one attached hydrogen (secondary N) is 1. The number of carbonyl (C=O) groups is 1. The highest BCUT2D eigenvalue weighted by molar-refractivity contribution is 5.74. The van der Waals surface area contributed by atoms with Crippen molar-refractivity contribution in [2.45, 2.75) is 45.1 Å². The number of carbonyl (C=O) groups excluding carboxylic acids is 1. The first-order valence-corrected chi connectivity index (χ1v) is 7.20. The molecule has 21 heavy (non-hydrogen) atoms. The van der Waals surface area contributed by atoms with Crippen molar-refractivity contribution in [2.24, 2.45) is 0 Å². The van der Waals surface area contributed by atoms with E-state index in [0.717, 1.165) is 5.56 Å². The number of rotatable bonds is 9. The van der Waals surface area contributed by atoms with Crippen molar-refractivity contribution in [3.05, 3.63) is 35.9 Å². The highest BCUT2D eigenvalue weighted by Gasteiger charge is 2.20. The molecule has 2 atom stereocenters. The third kappa shape index (κ3) is 7.22. The van der Waals surface area contributed by atoms with Gasteiger partial charge in [0.15, 0.2) is 6.10 Å². The van der Waals surface area contributed by atoms with Crippen molar-refractivity contribution in [3.8, 4) is 0 Å². The summed E-state index contributed by atoms with van der Waals surface area (Å²) in [4.78, 5) is 11.7. The van der Waals surface area contributed by atoms with Crippen LogP contribution in [-0.4, -0.2) is 43.2 Å². The molecule has 5 heteroatoms. The standard InChI is InChI=1S/C16H25NO4/c1-12(2)17-15(18)9-10-21-14(16(19)20-3)11-13-7-5-4-6-8-13/h4-8,12,14-15,17-18H,9-11H2,1-3H3. The van der Waals surface area contributed by atoms with E-state index < -0.39 is 18.3 Å². The van der Waals surface area contributed by atoms with E-state index in [2.05, 4.69) is 5.32 Å². The van der Waals surface area contributed by atoms with Crippen LogP contribution in [0.3, 0.4) is 0 Å². The minimum Gasteiger partial charge on any atom is -0.467 e. The van der Waals surface area contributed by atoms with Crippen LogP contribution in [0.4, 0.5) is 0 Å². The van der Waals surface area contributed by atoms with Crippen LogP contribution in [0.1, 0.15) is 25.8 Å². The number of aliphatic hydroxyl groups is 1. The van der Waals surface area contributed by atoms with E-state index in [-0.39, 0.29) is 12.6 Å². The fourth-order valence-corrected chi connectivity index (χ4v) is 1.96. The first kappa shape index (κ1) is 17.6. The van der Waals surface area contributed by atoms with Gasteiger partial charge in [-0.1, -0.05) is 30.3 Å². The second-order valence-corrected chi connectivity index (χ2v) is 5.20. The van der Waals surface area contributed by atoms with Gasteiger partial charge >= 0.3 is 5.97 Å². The molecule has 0 aliphatic carbocycles. The van der Waals surface area contributed by atoms with Crippen molar-refractivity contribution in [2.75, 3.05) is 13.7 Å². The highest BCUT2D eigenvalue weighted by Crippen LogP contribution is 2.08. The summed E-state index contributed by atoms with van der Waals surface area (Å²) < 4.78 is 10.3. The number of methoxy groups -OCH3 is 1. The second-order valence-electron chi connectivity index (χ2n) is 5.20. The van der Waals surface area contributed by atoms with Gasteiger partial charge in [-0.2, -0.15) is 0 Å². The maximum Gasteiger partial charge on any atom is 0.335 e. The zero-order chi connectivity index (χ0) is 15.7. The van der Waals surface area contributed by atoms with E-state index in [9.17, 15) is 9.90 Å². The summed E-state index contributed by atoms with van der Waals surface area (Å²) in [5, 5.41) is 12.7. The summed E-state index contributed by atoms with van der Waals surface area (Å²) in [6, 6.07) is 9.83. The predicted molar refractivity (Wildman–Crippen MR) is 80.8 cm³/mol. The Hall–Kier alpha value is -1.43. The van der Waals surface area contributed by atoms with Crippen molar-refractivity contribution in [1.82, 2.24) is 5.32 Å². The summed E-state index contributed by atoms with van der Waals surface area (Å²) >= 11 is 0. The Morgan fingerprint density at radius 1 is 1.29 bits per heavy atom. The lowest BCUT2D eigenvalue weighted by Gasteiger charge is -2.19. The Kier molecular flexibility index (Phi) is 7.97. The van der Waals surface area contributed by atoms with Gasteiger partial charge in [-0.05, 0) is 19.4 Å². The molecule has 1 aromatic rings. The average molecular weight is 295 g/mol. The van der Waals surface area contributed by atoms with Crippen LogP contribution in [0.25, 0.3) is 0 Å². The molecule has 5 nitrogen and oxygen atoms in total. The first-order valence-electron chi connectivity index (χ1n) is 7.20. The second kappa shape index (κ2) is 9.50. The third-order valence-corrected chi connectivity index (χ3v) is 2.96. The molecule has 0 spiro atoms. The number of hydrogen-bond donors (Lipinski definition) is 2. The van der Waals surface area contributed by atoms with Crippen molar-refractivity contribution >= 4 is 5.97 Å². The minimum atomic E-state index is -0.649. The molecule has 2 N–H and O–H groups in total. The molecule has 0 aromatic heterocycles. The van der Waals surface area contributed by atoms with Crippen LogP contribution in [-0.2, 0) is 20.7 Å². The van der Waals surface area contributed by atoms with E-state index in [1.165, 1.54) is 7.11 Å². The Labute approximate surface area is 126 Å². The zero-order valence-electron chi connectivity index (χ0n) is 12.9. The van der Waals surface area contributed by atoms with Crippen LogP contribution < -0.4 is 5.32 Å². The largest absolute Gasteiger partial charge is 0.467 e. The number of aliphatic hydroxyl groups excluding tert-OH is 1. The number of hydrogen-bond acceptors (Lipinski definition) is 5. The summed E-state index contributed by atoms with van der Waals surface area (Å²) in [7, 11) is 1.35. The van der Waals surface area contributed by atoms with E-state index in [1.54, 1.807) is 0 Å². The normalized spacial score (nSPS) is 14.0. The van der Waals surface area contributed by atoms with E-state index in [4.69, 9.17) is 9.47 Å². The molecule has 0 saturated carbocycles. The van der Waals surface area contributed by atoms with Gasteiger partial charge in [0.25, 0.3) is 0 Å². The molecule has 0 aliphatic heterocycles. The Bertz CT molecular complexity index is 408. The SMILES string of the molecule is COC(=O)C(Cc1ccccc1)OCCC(O)NC(C)C. The van der Waals surface area contributed by atoms with Crippen LogP contribution in [0.2, 0.25) is 0 Å². The van der Waals surface area contributed by atoms with Gasteiger partial charge in [-0.25, -0.2) is 4.79 Å². The van der Waals surface area contributed by atoms with Crippen molar-refractivity contribution < 1.29 is 19.4 Å². The molecule has 0 aliphatic rings. The number of ether oxygens (including phenoxy) is 2. The molecule has 118 valence electrons. The first-order chi connectivity index (χ1) is 10.0. The summed E-state index contributed by atoms with van der Waals surface area (Å²) in [5.74, 6) is -0.398. The molecule has 0 bridgehead atoms. The maximum absolute atomic E-state index is 11.7. The highest BCUT2D eigenvalue weighted by atomic mass is 16.6. The molecule has 0 amide bonds. The minimum absolute atomic E-state index is 0.195. The number of esters is 1. The van der Waals surface area contributed by atoms with Crippen LogP contribution in [0.15, 0.2) is 30.3 Å². The molecule has 1 rings (SSSR count). The fraction of sp³-hybridized carbons (Fsp3) is 0.562. The van der Waals surface area contributed by atoms with Gasteiger partial charge in [-0.15, -0.1) is 0 Å². The van der Waals surface area contributed by atoms with Gasteiger partial charge in [0.05, 0.1) is 13.7 Å². The lowest BCUT2D eigenvalue weighted by atomic mass is 10.1. The van der Waals surface area contributed by atoms with Crippen molar-refractivity contribution in [3.63, 3.8) is 0 Å². The van der Waals surface area contributed by atoms with Gasteiger partial charge in [0.1, 0.15) is 6.23 Å².